The molecule has 5 fully saturated rings. The van der Waals surface area contributed by atoms with Crippen LogP contribution in [0, 0.1) is 23.7 Å². The summed E-state index contributed by atoms with van der Waals surface area (Å²) in [5.74, 6) is 1.92. The van der Waals surface area contributed by atoms with Gasteiger partial charge in [-0.1, -0.05) is 24.3 Å². The molecule has 12 heteroatoms. The van der Waals surface area contributed by atoms with E-state index in [9.17, 15) is 0 Å². The monoisotopic (exact) mass is 560 g/mol. The second kappa shape index (κ2) is 8.77. The van der Waals surface area contributed by atoms with Crippen LogP contribution in [-0.4, -0.2) is 70.3 Å². The van der Waals surface area contributed by atoms with Crippen molar-refractivity contribution in [2.24, 2.45) is 23.7 Å². The van der Waals surface area contributed by atoms with E-state index in [4.69, 9.17) is 0 Å². The van der Waals surface area contributed by atoms with Crippen molar-refractivity contribution in [2.75, 3.05) is 0 Å². The maximum absolute atomic E-state index is 4.02. The van der Waals surface area contributed by atoms with Crippen molar-refractivity contribution in [2.45, 2.75) is 70.3 Å². The van der Waals surface area contributed by atoms with Gasteiger partial charge < -0.3 is 0 Å². The predicted molar refractivity (Wildman–Crippen MR) is 151 cm³/mol. The Morgan fingerprint density at radius 2 is 0.528 bits per heavy atom. The van der Waals surface area contributed by atoms with Gasteiger partial charge in [0.15, 0.2) is 0 Å². The minimum absolute atomic E-state index is 0.248. The minimum Gasteiger partial charge on any atom is -0.285 e. The fourth-order valence-corrected chi connectivity index (χ4v) is 12.5. The zero-order valence-electron chi connectivity index (χ0n) is 19.5. The van der Waals surface area contributed by atoms with Gasteiger partial charge in [0.1, 0.15) is 0 Å². The van der Waals surface area contributed by atoms with Gasteiger partial charge in [0, 0.05) is 44.7 Å². The fraction of sp³-hybridized carbons (Fsp3) is 0.667. The highest BCUT2D eigenvalue weighted by Gasteiger charge is 2.54. The first-order chi connectivity index (χ1) is 17.8. The smallest absolute Gasteiger partial charge is 0.0728 e. The molecule has 8 unspecified atom stereocenters. The highest BCUT2D eigenvalue weighted by atomic mass is 32.2. The lowest BCUT2D eigenvalue weighted by atomic mass is 10.0. The third-order valence-electron chi connectivity index (χ3n) is 9.39. The van der Waals surface area contributed by atoms with Crippen molar-refractivity contribution in [3.05, 3.63) is 45.9 Å². The molecule has 8 bridgehead atoms. The summed E-state index contributed by atoms with van der Waals surface area (Å²) >= 11 is 7.90. The lowest BCUT2D eigenvalue weighted by molar-refractivity contribution is 0.282. The first kappa shape index (κ1) is 22.8. The molecule has 0 radical (unpaired) electrons. The highest BCUT2D eigenvalue weighted by molar-refractivity contribution is 8.03. The van der Waals surface area contributed by atoms with Gasteiger partial charge in [0.25, 0.3) is 0 Å². The van der Waals surface area contributed by atoms with Crippen LogP contribution in [0.15, 0.2) is 45.9 Å². The Kier molecular flexibility index (Phi) is 5.56. The molecule has 9 rings (SSSR count). The average molecular weight is 561 g/mol. The van der Waals surface area contributed by atoms with Crippen LogP contribution in [0.3, 0.4) is 0 Å². The lowest BCUT2D eigenvalue weighted by Gasteiger charge is -2.29. The molecular weight excluding hydrogens is 529 g/mol. The Balaban J connectivity index is 1.06. The maximum Gasteiger partial charge on any atom is 0.0728 e. The lowest BCUT2D eigenvalue weighted by Crippen LogP contribution is -2.62. The van der Waals surface area contributed by atoms with Crippen LogP contribution >= 0.6 is 47.0 Å². The molecule has 0 amide bonds. The summed E-state index contributed by atoms with van der Waals surface area (Å²) in [6.07, 6.45) is 11.6. The molecule has 0 aromatic rings. The van der Waals surface area contributed by atoms with Crippen molar-refractivity contribution in [3.63, 3.8) is 0 Å². The molecule has 0 aromatic carbocycles. The summed E-state index contributed by atoms with van der Waals surface area (Å²) in [5, 5.41) is 43.2. The molecule has 9 aliphatic heterocycles. The topological polar surface area (TPSA) is 96.2 Å². The number of thioether (sulfide) groups is 4. The van der Waals surface area contributed by atoms with Crippen LogP contribution in [0.2, 0.25) is 0 Å². The summed E-state index contributed by atoms with van der Waals surface area (Å²) in [4.78, 5) is 0. The van der Waals surface area contributed by atoms with Crippen molar-refractivity contribution in [1.29, 1.82) is 0 Å². The number of hydrogen-bond donors (Lipinski definition) is 8. The molecule has 5 saturated heterocycles. The summed E-state index contributed by atoms with van der Waals surface area (Å²) in [6, 6.07) is 0. The molecule has 0 aliphatic carbocycles. The second-order valence-corrected chi connectivity index (χ2v) is 15.5. The summed E-state index contributed by atoms with van der Waals surface area (Å²) < 4.78 is 0. The number of nitrogens with one attached hydrogen (secondary N) is 8. The van der Waals surface area contributed by atoms with Gasteiger partial charge in [0.2, 0.25) is 0 Å². The van der Waals surface area contributed by atoms with Gasteiger partial charge in [-0.15, -0.1) is 47.0 Å². The van der Waals surface area contributed by atoms with Crippen molar-refractivity contribution in [3.8, 4) is 0 Å². The first-order valence-corrected chi connectivity index (χ1v) is 16.9. The summed E-state index contributed by atoms with van der Waals surface area (Å²) in [7, 11) is 0. The summed E-state index contributed by atoms with van der Waals surface area (Å²) in [6.45, 7) is 0. The third-order valence-corrected chi connectivity index (χ3v) is 14.2. The van der Waals surface area contributed by atoms with Gasteiger partial charge in [-0.2, -0.15) is 0 Å². The molecule has 192 valence electrons. The quantitative estimate of drug-likeness (QED) is 0.210. The molecule has 8 N–H and O–H groups in total. The minimum atomic E-state index is 0.248. The Morgan fingerprint density at radius 3 is 0.750 bits per heavy atom. The molecule has 9 aliphatic rings. The Bertz CT molecular complexity index is 880. The molecule has 9 heterocycles. The SMILES string of the molecule is C1=CC2C3NC(NC4NC(NC5NC(NC6NC(N3)C3SC=CC63)C3SC=CC53)C3SC=CC43)C2S1. The van der Waals surface area contributed by atoms with Crippen LogP contribution in [0.1, 0.15) is 0 Å². The zero-order valence-corrected chi connectivity index (χ0v) is 22.8. The van der Waals surface area contributed by atoms with E-state index in [1.807, 2.05) is 47.0 Å². The van der Waals surface area contributed by atoms with Crippen LogP contribution in [-0.2, 0) is 0 Å². The molecule has 0 saturated carbocycles. The predicted octanol–water partition coefficient (Wildman–Crippen LogP) is 0.361. The standard InChI is InChI=1S/C24H32N8S4/c1-5-33-13-9(1)17-25-21(13)30-18-11-3-7-35-15(11)23(27-18)32-20-12-4-8-36-16(12)24(28-20)31-19-10-2-6-34-14(10)22(26-19)29-17/h1-32H. The Hall–Kier alpha value is 0.0400. The zero-order chi connectivity index (χ0) is 23.4. The fourth-order valence-electron chi connectivity index (χ4n) is 7.69. The van der Waals surface area contributed by atoms with Crippen molar-refractivity contribution < 1.29 is 0 Å². The van der Waals surface area contributed by atoms with Gasteiger partial charge >= 0.3 is 0 Å². The number of rotatable bonds is 0. The summed E-state index contributed by atoms with van der Waals surface area (Å²) in [5.41, 5.74) is 0. The van der Waals surface area contributed by atoms with E-state index in [0.29, 0.717) is 44.7 Å². The molecule has 36 heavy (non-hydrogen) atoms. The van der Waals surface area contributed by atoms with Gasteiger partial charge in [-0.25, -0.2) is 0 Å². The normalized spacial score (nSPS) is 59.6. The molecular formula is C24H32N8S4. The van der Waals surface area contributed by atoms with Gasteiger partial charge in [-0.05, 0) is 21.6 Å². The Morgan fingerprint density at radius 1 is 0.306 bits per heavy atom. The maximum atomic E-state index is 4.02. The van der Waals surface area contributed by atoms with E-state index in [1.54, 1.807) is 0 Å². The van der Waals surface area contributed by atoms with E-state index in [2.05, 4.69) is 88.5 Å². The first-order valence-electron chi connectivity index (χ1n) is 13.2. The van der Waals surface area contributed by atoms with Crippen LogP contribution in [0.5, 0.6) is 0 Å². The van der Waals surface area contributed by atoms with E-state index in [1.165, 1.54) is 0 Å². The number of hydrogen-bond acceptors (Lipinski definition) is 12. The highest BCUT2D eigenvalue weighted by Crippen LogP contribution is 2.44. The Labute approximate surface area is 228 Å². The van der Waals surface area contributed by atoms with Crippen molar-refractivity contribution >= 4 is 47.0 Å². The van der Waals surface area contributed by atoms with Crippen molar-refractivity contribution in [1.82, 2.24) is 42.5 Å². The second-order valence-electron chi connectivity index (χ2n) is 11.2. The van der Waals surface area contributed by atoms with Crippen LogP contribution in [0.25, 0.3) is 0 Å². The van der Waals surface area contributed by atoms with Gasteiger partial charge in [-0.3, -0.25) is 42.5 Å². The largest absolute Gasteiger partial charge is 0.285 e. The van der Waals surface area contributed by atoms with Gasteiger partial charge in [0.05, 0.1) is 49.3 Å². The van der Waals surface area contributed by atoms with Crippen LogP contribution in [0.4, 0.5) is 0 Å². The molecule has 8 atom stereocenters. The molecule has 0 spiro atoms. The molecule has 8 nitrogen and oxygen atoms in total. The third kappa shape index (κ3) is 3.43. The van der Waals surface area contributed by atoms with E-state index >= 15 is 0 Å². The molecule has 0 aromatic heterocycles. The number of fused-ring (bicyclic) bond motifs is 20. The van der Waals surface area contributed by atoms with E-state index in [0.717, 1.165) is 0 Å². The van der Waals surface area contributed by atoms with Crippen LogP contribution < -0.4 is 42.5 Å². The van der Waals surface area contributed by atoms with E-state index < -0.39 is 0 Å². The van der Waals surface area contributed by atoms with E-state index in [-0.39, 0.29) is 49.3 Å². The average Bonchev–Trinajstić information content (AvgIpc) is 3.67.